The minimum absolute atomic E-state index is 0.0445. The fraction of sp³-hybridized carbons (Fsp3) is 0.0769. The van der Waals surface area contributed by atoms with Crippen LogP contribution in [0.15, 0.2) is 33.2 Å². The van der Waals surface area contributed by atoms with E-state index in [1.807, 2.05) is 0 Å². The molecule has 7 nitrogen and oxygen atoms in total. The predicted molar refractivity (Wildman–Crippen MR) is 78.9 cm³/mol. The molecule has 0 atom stereocenters. The van der Waals surface area contributed by atoms with Crippen LogP contribution in [-0.2, 0) is 0 Å². The molecule has 1 amide bonds. The van der Waals surface area contributed by atoms with E-state index in [9.17, 15) is 4.79 Å². The lowest BCUT2D eigenvalue weighted by molar-refractivity contribution is 0.0985. The number of aryl methyl sites for hydroxylation is 1. The minimum atomic E-state index is -0.542. The summed E-state index contributed by atoms with van der Waals surface area (Å²) in [7, 11) is 0. The molecule has 0 saturated carbocycles. The van der Waals surface area contributed by atoms with Crippen LogP contribution in [0.25, 0.3) is 11.5 Å². The third-order valence-electron chi connectivity index (χ3n) is 2.61. The van der Waals surface area contributed by atoms with E-state index in [1.54, 1.807) is 25.1 Å². The zero-order chi connectivity index (χ0) is 15.7. The lowest BCUT2D eigenvalue weighted by Gasteiger charge is -1.98. The zero-order valence-electron chi connectivity index (χ0n) is 11.1. The molecule has 22 heavy (non-hydrogen) atoms. The van der Waals surface area contributed by atoms with E-state index in [0.717, 1.165) is 0 Å². The van der Waals surface area contributed by atoms with Gasteiger partial charge in [0.1, 0.15) is 0 Å². The second-order valence-electron chi connectivity index (χ2n) is 4.36. The van der Waals surface area contributed by atoms with Crippen molar-refractivity contribution < 1.29 is 13.7 Å². The molecule has 112 valence electrons. The number of anilines is 1. The van der Waals surface area contributed by atoms with Crippen molar-refractivity contribution in [3.8, 4) is 11.5 Å². The van der Waals surface area contributed by atoms with Crippen LogP contribution in [0.1, 0.15) is 16.2 Å². The molecule has 0 fully saturated rings. The maximum Gasteiger partial charge on any atom is 0.322 e. The van der Waals surface area contributed by atoms with Crippen LogP contribution in [0, 0.1) is 6.92 Å². The number of hydrogen-bond donors (Lipinski definition) is 1. The van der Waals surface area contributed by atoms with Crippen LogP contribution in [0.5, 0.6) is 0 Å². The molecule has 2 aromatic heterocycles. The molecule has 0 saturated heterocycles. The van der Waals surface area contributed by atoms with E-state index < -0.39 is 5.91 Å². The molecule has 0 aliphatic carbocycles. The molecule has 1 N–H and O–H groups in total. The van der Waals surface area contributed by atoms with Crippen molar-refractivity contribution in [2.45, 2.75) is 6.92 Å². The van der Waals surface area contributed by atoms with Gasteiger partial charge in [-0.3, -0.25) is 10.1 Å². The number of carbonyl (C=O) groups is 1. The summed E-state index contributed by atoms with van der Waals surface area (Å²) in [4.78, 5) is 11.9. The highest BCUT2D eigenvalue weighted by atomic mass is 35.5. The summed E-state index contributed by atoms with van der Waals surface area (Å²) in [5, 5.41) is 14.5. The number of rotatable bonds is 3. The standard InChI is InChI=1S/C13H8Cl2N4O3/c1-6-2-10(22-19-6)11(20)16-13-18-17-12(21-13)7-3-8(14)5-9(15)4-7/h2-5H,1H3,(H,16,18,20). The fourth-order valence-corrected chi connectivity index (χ4v) is 2.22. The first-order valence-electron chi connectivity index (χ1n) is 6.06. The highest BCUT2D eigenvalue weighted by Gasteiger charge is 2.16. The maximum absolute atomic E-state index is 11.9. The van der Waals surface area contributed by atoms with Crippen molar-refractivity contribution in [3.63, 3.8) is 0 Å². The lowest BCUT2D eigenvalue weighted by atomic mass is 10.2. The van der Waals surface area contributed by atoms with Crippen molar-refractivity contribution in [2.24, 2.45) is 0 Å². The molecule has 0 radical (unpaired) electrons. The van der Waals surface area contributed by atoms with Gasteiger partial charge in [0.15, 0.2) is 0 Å². The average Bonchev–Trinajstić information content (AvgIpc) is 3.06. The highest BCUT2D eigenvalue weighted by molar-refractivity contribution is 6.35. The first kappa shape index (κ1) is 14.6. The topological polar surface area (TPSA) is 94.1 Å². The largest absolute Gasteiger partial charge is 0.403 e. The Balaban J connectivity index is 1.80. The van der Waals surface area contributed by atoms with Gasteiger partial charge in [0, 0.05) is 21.7 Å². The number of aromatic nitrogens is 3. The third-order valence-corrected chi connectivity index (χ3v) is 3.04. The van der Waals surface area contributed by atoms with E-state index in [-0.39, 0.29) is 17.7 Å². The summed E-state index contributed by atoms with van der Waals surface area (Å²) in [6, 6.07) is 6.23. The summed E-state index contributed by atoms with van der Waals surface area (Å²) in [6.07, 6.45) is 0. The molecular weight excluding hydrogens is 331 g/mol. The van der Waals surface area contributed by atoms with Crippen molar-refractivity contribution in [1.82, 2.24) is 15.4 Å². The molecule has 0 unspecified atom stereocenters. The molecule has 9 heteroatoms. The summed E-state index contributed by atoms with van der Waals surface area (Å²) < 4.78 is 10.2. The van der Waals surface area contributed by atoms with Crippen molar-refractivity contribution in [1.29, 1.82) is 0 Å². The van der Waals surface area contributed by atoms with Crippen molar-refractivity contribution in [2.75, 3.05) is 5.32 Å². The van der Waals surface area contributed by atoms with Gasteiger partial charge in [-0.25, -0.2) is 0 Å². The molecule has 3 aromatic rings. The number of nitrogens with one attached hydrogen (secondary N) is 1. The Hall–Kier alpha value is -2.38. The second kappa shape index (κ2) is 5.78. The van der Waals surface area contributed by atoms with Gasteiger partial charge in [0.2, 0.25) is 11.7 Å². The Morgan fingerprint density at radius 3 is 2.50 bits per heavy atom. The van der Waals surface area contributed by atoms with Gasteiger partial charge in [0.25, 0.3) is 5.91 Å². The van der Waals surface area contributed by atoms with Crippen LogP contribution < -0.4 is 5.32 Å². The van der Waals surface area contributed by atoms with E-state index in [0.29, 0.717) is 21.3 Å². The molecule has 0 spiro atoms. The lowest BCUT2D eigenvalue weighted by Crippen LogP contribution is -2.11. The predicted octanol–water partition coefficient (Wildman–Crippen LogP) is 3.59. The summed E-state index contributed by atoms with van der Waals surface area (Å²) in [5.41, 5.74) is 1.13. The molecule has 0 aliphatic rings. The van der Waals surface area contributed by atoms with Gasteiger partial charge in [-0.2, -0.15) is 0 Å². The Bertz CT molecular complexity index is 823. The van der Waals surface area contributed by atoms with E-state index in [4.69, 9.17) is 32.1 Å². The number of carbonyl (C=O) groups excluding carboxylic acids is 1. The number of benzene rings is 1. The average molecular weight is 339 g/mol. The minimum Gasteiger partial charge on any atom is -0.403 e. The molecule has 2 heterocycles. The van der Waals surface area contributed by atoms with Gasteiger partial charge >= 0.3 is 6.01 Å². The van der Waals surface area contributed by atoms with Crippen LogP contribution in [0.2, 0.25) is 10.0 Å². The SMILES string of the molecule is Cc1cc(C(=O)Nc2nnc(-c3cc(Cl)cc(Cl)c3)o2)on1. The summed E-state index contributed by atoms with van der Waals surface area (Å²) in [6.45, 7) is 1.70. The Morgan fingerprint density at radius 1 is 1.14 bits per heavy atom. The molecule has 3 rings (SSSR count). The Labute approximate surface area is 134 Å². The smallest absolute Gasteiger partial charge is 0.322 e. The van der Waals surface area contributed by atoms with Gasteiger partial charge in [-0.15, -0.1) is 5.10 Å². The number of halogens is 2. The van der Waals surface area contributed by atoms with Crippen LogP contribution >= 0.6 is 23.2 Å². The van der Waals surface area contributed by atoms with Crippen LogP contribution in [0.3, 0.4) is 0 Å². The normalized spacial score (nSPS) is 10.7. The van der Waals surface area contributed by atoms with E-state index in [2.05, 4.69) is 20.7 Å². The highest BCUT2D eigenvalue weighted by Crippen LogP contribution is 2.27. The molecular formula is C13H8Cl2N4O3. The molecule has 1 aromatic carbocycles. The third kappa shape index (κ3) is 3.10. The van der Waals surface area contributed by atoms with Crippen molar-refractivity contribution >= 4 is 35.1 Å². The van der Waals surface area contributed by atoms with Crippen LogP contribution in [0.4, 0.5) is 6.01 Å². The first-order chi connectivity index (χ1) is 10.5. The quantitative estimate of drug-likeness (QED) is 0.784. The van der Waals surface area contributed by atoms with Gasteiger partial charge in [-0.05, 0) is 25.1 Å². The monoisotopic (exact) mass is 338 g/mol. The molecule has 0 bridgehead atoms. The van der Waals surface area contributed by atoms with Crippen molar-refractivity contribution in [3.05, 3.63) is 45.8 Å². The zero-order valence-corrected chi connectivity index (χ0v) is 12.6. The number of hydrogen-bond acceptors (Lipinski definition) is 6. The molecule has 0 aliphatic heterocycles. The summed E-state index contributed by atoms with van der Waals surface area (Å²) >= 11 is 11.8. The first-order valence-corrected chi connectivity index (χ1v) is 6.81. The summed E-state index contributed by atoms with van der Waals surface area (Å²) in [5.74, 6) is -0.323. The maximum atomic E-state index is 11.9. The van der Waals surface area contributed by atoms with Gasteiger partial charge in [0.05, 0.1) is 5.69 Å². The second-order valence-corrected chi connectivity index (χ2v) is 5.23. The Kier molecular flexibility index (Phi) is 3.82. The number of amides is 1. The Morgan fingerprint density at radius 2 is 1.86 bits per heavy atom. The van der Waals surface area contributed by atoms with Gasteiger partial charge in [-0.1, -0.05) is 33.5 Å². The number of nitrogens with zero attached hydrogens (tertiary/aromatic N) is 3. The van der Waals surface area contributed by atoms with Gasteiger partial charge < -0.3 is 8.94 Å². The fourth-order valence-electron chi connectivity index (χ4n) is 1.70. The van der Waals surface area contributed by atoms with E-state index in [1.165, 1.54) is 6.07 Å². The van der Waals surface area contributed by atoms with E-state index >= 15 is 0 Å². The van der Waals surface area contributed by atoms with Crippen LogP contribution in [-0.4, -0.2) is 21.3 Å².